The zero-order chi connectivity index (χ0) is 14.1. The topological polar surface area (TPSA) is 57.5 Å². The highest BCUT2D eigenvalue weighted by molar-refractivity contribution is 5.69. The van der Waals surface area contributed by atoms with E-state index in [1.807, 2.05) is 54.6 Å². The normalized spacial score (nSPS) is 9.74. The van der Waals surface area contributed by atoms with Crippen molar-refractivity contribution in [3.8, 4) is 5.75 Å². The summed E-state index contributed by atoms with van der Waals surface area (Å²) in [6.07, 6.45) is 4.00. The first-order chi connectivity index (χ1) is 9.08. The summed E-state index contributed by atoms with van der Waals surface area (Å²) in [5.74, 6) is -0.537. The van der Waals surface area contributed by atoms with Gasteiger partial charge < -0.3 is 10.2 Å². The number of carboxylic acid groups (broad SMARTS) is 1. The van der Waals surface area contributed by atoms with Crippen molar-refractivity contribution < 1.29 is 15.0 Å². The molecule has 3 heteroatoms. The Balaban J connectivity index is 0.000000399. The molecule has 0 unspecified atom stereocenters. The lowest BCUT2D eigenvalue weighted by molar-refractivity contribution is -0.134. The Hall–Kier alpha value is -2.55. The first-order valence-electron chi connectivity index (χ1n) is 5.79. The number of carbonyl (C=O) groups is 1. The summed E-state index contributed by atoms with van der Waals surface area (Å²) in [5.41, 5.74) is 2.15. The number of aromatic hydroxyl groups is 1. The van der Waals surface area contributed by atoms with Crippen molar-refractivity contribution in [2.75, 3.05) is 0 Å². The van der Waals surface area contributed by atoms with E-state index in [1.54, 1.807) is 12.1 Å². The second-order valence-corrected chi connectivity index (χ2v) is 3.86. The van der Waals surface area contributed by atoms with Crippen molar-refractivity contribution in [3.63, 3.8) is 0 Å². The predicted molar refractivity (Wildman–Crippen MR) is 76.8 cm³/mol. The highest BCUT2D eigenvalue weighted by atomic mass is 16.4. The Kier molecular flexibility index (Phi) is 5.89. The minimum atomic E-state index is -0.833. The van der Waals surface area contributed by atoms with Crippen molar-refractivity contribution in [1.82, 2.24) is 0 Å². The van der Waals surface area contributed by atoms with Crippen molar-refractivity contribution in [3.05, 3.63) is 65.7 Å². The Bertz CT molecular complexity index is 541. The molecule has 2 N–H and O–H groups in total. The van der Waals surface area contributed by atoms with Crippen LogP contribution >= 0.6 is 0 Å². The average molecular weight is 256 g/mol. The molecule has 0 aromatic heterocycles. The molecule has 0 saturated carbocycles. The van der Waals surface area contributed by atoms with Crippen LogP contribution < -0.4 is 0 Å². The molecule has 0 saturated heterocycles. The van der Waals surface area contributed by atoms with Crippen molar-refractivity contribution in [1.29, 1.82) is 0 Å². The molecule has 19 heavy (non-hydrogen) atoms. The molecule has 0 radical (unpaired) electrons. The monoisotopic (exact) mass is 256 g/mol. The number of hydrogen-bond donors (Lipinski definition) is 2. The molecule has 0 spiro atoms. The fourth-order valence-corrected chi connectivity index (χ4v) is 1.39. The van der Waals surface area contributed by atoms with E-state index in [1.165, 1.54) is 0 Å². The first kappa shape index (κ1) is 14.5. The number of benzene rings is 2. The molecule has 2 rings (SSSR count). The van der Waals surface area contributed by atoms with Gasteiger partial charge in [0.25, 0.3) is 5.97 Å². The number of phenolic OH excluding ortho intramolecular Hbond substituents is 1. The van der Waals surface area contributed by atoms with E-state index in [0.717, 1.165) is 18.1 Å². The van der Waals surface area contributed by atoms with Crippen LogP contribution in [0.25, 0.3) is 12.2 Å². The van der Waals surface area contributed by atoms with Gasteiger partial charge >= 0.3 is 0 Å². The van der Waals surface area contributed by atoms with Crippen LogP contribution in [0.3, 0.4) is 0 Å². The Morgan fingerprint density at radius 3 is 2.05 bits per heavy atom. The second-order valence-electron chi connectivity index (χ2n) is 3.86. The predicted octanol–water partition coefficient (Wildman–Crippen LogP) is 3.65. The Morgan fingerprint density at radius 1 is 0.947 bits per heavy atom. The van der Waals surface area contributed by atoms with E-state index >= 15 is 0 Å². The van der Waals surface area contributed by atoms with E-state index < -0.39 is 5.97 Å². The Morgan fingerprint density at radius 2 is 1.47 bits per heavy atom. The van der Waals surface area contributed by atoms with Gasteiger partial charge in [0.05, 0.1) is 0 Å². The summed E-state index contributed by atoms with van der Waals surface area (Å²) in [5, 5.41) is 16.7. The summed E-state index contributed by atoms with van der Waals surface area (Å²) < 4.78 is 0. The lowest BCUT2D eigenvalue weighted by Crippen LogP contribution is -1.78. The van der Waals surface area contributed by atoms with Gasteiger partial charge in [-0.1, -0.05) is 54.6 Å². The van der Waals surface area contributed by atoms with Crippen LogP contribution in [-0.2, 0) is 4.79 Å². The zero-order valence-electron chi connectivity index (χ0n) is 10.7. The molecular formula is C16H16O3. The lowest BCUT2D eigenvalue weighted by Gasteiger charge is -1.95. The van der Waals surface area contributed by atoms with Crippen molar-refractivity contribution >= 4 is 18.1 Å². The maximum atomic E-state index is 9.28. The van der Waals surface area contributed by atoms with Gasteiger partial charge in [-0.3, -0.25) is 4.79 Å². The smallest absolute Gasteiger partial charge is 0.300 e. The highest BCUT2D eigenvalue weighted by Gasteiger charge is 1.89. The van der Waals surface area contributed by atoms with E-state index in [-0.39, 0.29) is 0 Å². The molecule has 98 valence electrons. The SMILES string of the molecule is CC(=O)O.Oc1cccc(C=Cc2ccccc2)c1. The minimum absolute atomic E-state index is 0.296. The van der Waals surface area contributed by atoms with Gasteiger partial charge in [0.15, 0.2) is 0 Å². The van der Waals surface area contributed by atoms with Crippen LogP contribution in [0.1, 0.15) is 18.1 Å². The fraction of sp³-hybridized carbons (Fsp3) is 0.0625. The number of carboxylic acids is 1. The van der Waals surface area contributed by atoms with Crippen LogP contribution in [0.4, 0.5) is 0 Å². The van der Waals surface area contributed by atoms with Gasteiger partial charge in [-0.05, 0) is 23.3 Å². The van der Waals surface area contributed by atoms with Crippen LogP contribution in [0.5, 0.6) is 5.75 Å². The molecule has 0 atom stereocenters. The van der Waals surface area contributed by atoms with Crippen LogP contribution in [-0.4, -0.2) is 16.2 Å². The zero-order valence-corrected chi connectivity index (χ0v) is 10.7. The molecule has 0 aliphatic rings. The molecule has 0 fully saturated rings. The first-order valence-corrected chi connectivity index (χ1v) is 5.79. The number of aliphatic carboxylic acids is 1. The largest absolute Gasteiger partial charge is 0.508 e. The summed E-state index contributed by atoms with van der Waals surface area (Å²) in [4.78, 5) is 9.00. The van der Waals surface area contributed by atoms with Crippen LogP contribution in [0.15, 0.2) is 54.6 Å². The molecule has 0 heterocycles. The molecule has 0 aliphatic heterocycles. The van der Waals surface area contributed by atoms with E-state index in [4.69, 9.17) is 9.90 Å². The third-order valence-corrected chi connectivity index (χ3v) is 2.14. The maximum Gasteiger partial charge on any atom is 0.300 e. The molecule has 0 aliphatic carbocycles. The van der Waals surface area contributed by atoms with E-state index in [2.05, 4.69) is 0 Å². The van der Waals surface area contributed by atoms with E-state index in [0.29, 0.717) is 5.75 Å². The number of hydrogen-bond acceptors (Lipinski definition) is 2. The summed E-state index contributed by atoms with van der Waals surface area (Å²) in [6, 6.07) is 17.3. The molecular weight excluding hydrogens is 240 g/mol. The van der Waals surface area contributed by atoms with Gasteiger partial charge in [-0.15, -0.1) is 0 Å². The molecule has 0 bridgehead atoms. The van der Waals surface area contributed by atoms with Crippen LogP contribution in [0.2, 0.25) is 0 Å². The summed E-state index contributed by atoms with van der Waals surface area (Å²) >= 11 is 0. The minimum Gasteiger partial charge on any atom is -0.508 e. The number of rotatable bonds is 2. The van der Waals surface area contributed by atoms with Crippen LogP contribution in [0, 0.1) is 0 Å². The average Bonchev–Trinajstić information content (AvgIpc) is 2.37. The number of phenols is 1. The Labute approximate surface area is 112 Å². The van der Waals surface area contributed by atoms with E-state index in [9.17, 15) is 5.11 Å². The molecule has 0 amide bonds. The lowest BCUT2D eigenvalue weighted by atomic mass is 10.1. The fourth-order valence-electron chi connectivity index (χ4n) is 1.39. The third-order valence-electron chi connectivity index (χ3n) is 2.14. The summed E-state index contributed by atoms with van der Waals surface area (Å²) in [7, 11) is 0. The molecule has 2 aromatic rings. The maximum absolute atomic E-state index is 9.28. The standard InChI is InChI=1S/C14H12O.C2H4O2/c15-14-8-4-7-13(11-14)10-9-12-5-2-1-3-6-12;1-2(3)4/h1-11,15H;1H3,(H,3,4). The second kappa shape index (κ2) is 7.71. The molecule has 3 nitrogen and oxygen atoms in total. The summed E-state index contributed by atoms with van der Waals surface area (Å²) in [6.45, 7) is 1.08. The van der Waals surface area contributed by atoms with Gasteiger partial charge in [0.1, 0.15) is 5.75 Å². The van der Waals surface area contributed by atoms with Gasteiger partial charge in [0.2, 0.25) is 0 Å². The van der Waals surface area contributed by atoms with Crippen molar-refractivity contribution in [2.24, 2.45) is 0 Å². The third kappa shape index (κ3) is 6.68. The van der Waals surface area contributed by atoms with Gasteiger partial charge in [0, 0.05) is 6.92 Å². The quantitative estimate of drug-likeness (QED) is 0.806. The van der Waals surface area contributed by atoms with Crippen molar-refractivity contribution in [2.45, 2.75) is 6.92 Å². The van der Waals surface area contributed by atoms with Gasteiger partial charge in [-0.2, -0.15) is 0 Å². The van der Waals surface area contributed by atoms with Gasteiger partial charge in [-0.25, -0.2) is 0 Å². The highest BCUT2D eigenvalue weighted by Crippen LogP contribution is 2.13. The molecule has 2 aromatic carbocycles.